The van der Waals surface area contributed by atoms with Gasteiger partial charge in [0.05, 0.1) is 5.56 Å². The zero-order chi connectivity index (χ0) is 12.3. The maximum Gasteiger partial charge on any atom is 0.249 e. The van der Waals surface area contributed by atoms with Gasteiger partial charge in [-0.25, -0.2) is 0 Å². The second-order valence-electron chi connectivity index (χ2n) is 3.53. The molecule has 3 N–H and O–H groups in total. The van der Waals surface area contributed by atoms with Crippen molar-refractivity contribution >= 4 is 38.9 Å². The molecule has 0 spiro atoms. The smallest absolute Gasteiger partial charge is 0.249 e. The minimum atomic E-state index is -0.380. The average molecular weight is 311 g/mol. The van der Waals surface area contributed by atoms with Crippen molar-refractivity contribution in [2.75, 3.05) is 5.32 Å². The van der Waals surface area contributed by atoms with Crippen molar-refractivity contribution < 1.29 is 4.79 Å². The van der Waals surface area contributed by atoms with E-state index in [4.69, 9.17) is 5.73 Å². The van der Waals surface area contributed by atoms with Gasteiger partial charge < -0.3 is 11.1 Å². The van der Waals surface area contributed by atoms with E-state index in [1.165, 1.54) is 11.3 Å². The predicted molar refractivity (Wildman–Crippen MR) is 74.3 cm³/mol. The lowest BCUT2D eigenvalue weighted by molar-refractivity contribution is 0.100. The van der Waals surface area contributed by atoms with Gasteiger partial charge >= 0.3 is 0 Å². The fourth-order valence-electron chi connectivity index (χ4n) is 1.39. The number of carbonyl (C=O) groups is 1. The number of hydrogen-bond donors (Lipinski definition) is 2. The summed E-state index contributed by atoms with van der Waals surface area (Å²) >= 11 is 4.94. The molecule has 0 aliphatic heterocycles. The molecule has 0 saturated carbocycles. The molecule has 0 radical (unpaired) electrons. The SMILES string of the molecule is NC(=O)c1csc(CNc2cccc(Br)c2)c1. The quantitative estimate of drug-likeness (QED) is 0.911. The molecule has 1 heterocycles. The van der Waals surface area contributed by atoms with Crippen molar-refractivity contribution in [3.8, 4) is 0 Å². The van der Waals surface area contributed by atoms with Gasteiger partial charge in [-0.1, -0.05) is 22.0 Å². The number of nitrogens with two attached hydrogens (primary N) is 1. The molecule has 1 aromatic heterocycles. The number of carbonyl (C=O) groups excluding carboxylic acids is 1. The van der Waals surface area contributed by atoms with E-state index in [1.54, 1.807) is 5.38 Å². The molecular formula is C12H11BrN2OS. The Morgan fingerprint density at radius 1 is 1.41 bits per heavy atom. The number of nitrogens with one attached hydrogen (secondary N) is 1. The average Bonchev–Trinajstić information content (AvgIpc) is 2.75. The highest BCUT2D eigenvalue weighted by atomic mass is 79.9. The third-order valence-electron chi connectivity index (χ3n) is 2.23. The molecule has 88 valence electrons. The normalized spacial score (nSPS) is 10.2. The monoisotopic (exact) mass is 310 g/mol. The van der Waals surface area contributed by atoms with Gasteiger partial charge in [-0.2, -0.15) is 0 Å². The van der Waals surface area contributed by atoms with Gasteiger partial charge in [0.25, 0.3) is 0 Å². The molecule has 0 aliphatic rings. The lowest BCUT2D eigenvalue weighted by atomic mass is 10.3. The maximum atomic E-state index is 10.9. The predicted octanol–water partition coefficient (Wildman–Crippen LogP) is 3.22. The Kier molecular flexibility index (Phi) is 3.81. The summed E-state index contributed by atoms with van der Waals surface area (Å²) < 4.78 is 1.03. The van der Waals surface area contributed by atoms with Crippen LogP contribution in [-0.4, -0.2) is 5.91 Å². The first-order valence-electron chi connectivity index (χ1n) is 5.02. The lowest BCUT2D eigenvalue weighted by Gasteiger charge is -2.04. The van der Waals surface area contributed by atoms with Crippen LogP contribution in [0.1, 0.15) is 15.2 Å². The van der Waals surface area contributed by atoms with E-state index in [-0.39, 0.29) is 5.91 Å². The summed E-state index contributed by atoms with van der Waals surface area (Å²) in [5.41, 5.74) is 6.80. The van der Waals surface area contributed by atoms with Gasteiger partial charge in [-0.05, 0) is 24.3 Å². The van der Waals surface area contributed by atoms with Gasteiger partial charge in [-0.15, -0.1) is 11.3 Å². The van der Waals surface area contributed by atoms with Crippen LogP contribution in [0.2, 0.25) is 0 Å². The number of benzene rings is 1. The molecule has 1 aromatic carbocycles. The molecule has 0 aliphatic carbocycles. The van der Waals surface area contributed by atoms with Crippen LogP contribution >= 0.6 is 27.3 Å². The molecule has 0 bridgehead atoms. The van der Waals surface area contributed by atoms with Crippen molar-refractivity contribution in [1.82, 2.24) is 0 Å². The highest BCUT2D eigenvalue weighted by Crippen LogP contribution is 2.19. The van der Waals surface area contributed by atoms with Gasteiger partial charge in [0, 0.05) is 27.0 Å². The topological polar surface area (TPSA) is 55.1 Å². The minimum Gasteiger partial charge on any atom is -0.380 e. The van der Waals surface area contributed by atoms with E-state index >= 15 is 0 Å². The van der Waals surface area contributed by atoms with Gasteiger partial charge in [0.15, 0.2) is 0 Å². The second-order valence-corrected chi connectivity index (χ2v) is 5.44. The van der Waals surface area contributed by atoms with E-state index in [0.29, 0.717) is 12.1 Å². The molecule has 0 saturated heterocycles. The number of rotatable bonds is 4. The summed E-state index contributed by atoms with van der Waals surface area (Å²) in [6.45, 7) is 0.689. The Balaban J connectivity index is 2.00. The Hall–Kier alpha value is -1.33. The van der Waals surface area contributed by atoms with Crippen molar-refractivity contribution in [3.63, 3.8) is 0 Å². The van der Waals surface area contributed by atoms with Crippen LogP contribution in [0.4, 0.5) is 5.69 Å². The van der Waals surface area contributed by atoms with Crippen LogP contribution in [0, 0.1) is 0 Å². The molecule has 1 amide bonds. The van der Waals surface area contributed by atoms with E-state index in [1.807, 2.05) is 30.3 Å². The van der Waals surface area contributed by atoms with Crippen LogP contribution in [0.5, 0.6) is 0 Å². The molecule has 3 nitrogen and oxygen atoms in total. The Labute approximate surface area is 112 Å². The van der Waals surface area contributed by atoms with Gasteiger partial charge in [0.1, 0.15) is 0 Å². The molecule has 2 aromatic rings. The van der Waals surface area contributed by atoms with Crippen molar-refractivity contribution in [2.24, 2.45) is 5.73 Å². The first-order chi connectivity index (χ1) is 8.15. The Morgan fingerprint density at radius 2 is 2.24 bits per heavy atom. The molecule has 2 rings (SSSR count). The van der Waals surface area contributed by atoms with Crippen LogP contribution in [0.3, 0.4) is 0 Å². The lowest BCUT2D eigenvalue weighted by Crippen LogP contribution is -2.09. The van der Waals surface area contributed by atoms with Gasteiger partial charge in [0.2, 0.25) is 5.91 Å². The molecule has 5 heteroatoms. The summed E-state index contributed by atoms with van der Waals surface area (Å²) in [5, 5.41) is 5.06. The molecule has 17 heavy (non-hydrogen) atoms. The maximum absolute atomic E-state index is 10.9. The fourth-order valence-corrected chi connectivity index (χ4v) is 2.60. The summed E-state index contributed by atoms with van der Waals surface area (Å²) in [7, 11) is 0. The van der Waals surface area contributed by atoms with E-state index in [0.717, 1.165) is 15.0 Å². The molecular weight excluding hydrogens is 300 g/mol. The number of primary amides is 1. The summed E-state index contributed by atoms with van der Waals surface area (Å²) in [5.74, 6) is -0.380. The zero-order valence-corrected chi connectivity index (χ0v) is 11.3. The summed E-state index contributed by atoms with van der Waals surface area (Å²) in [4.78, 5) is 12.0. The number of anilines is 1. The van der Waals surface area contributed by atoms with Crippen LogP contribution in [-0.2, 0) is 6.54 Å². The number of amides is 1. The van der Waals surface area contributed by atoms with Gasteiger partial charge in [-0.3, -0.25) is 4.79 Å². The second kappa shape index (κ2) is 5.33. The number of halogens is 1. The van der Waals surface area contributed by atoms with E-state index in [9.17, 15) is 4.79 Å². The Morgan fingerprint density at radius 3 is 2.88 bits per heavy atom. The third kappa shape index (κ3) is 3.31. The largest absolute Gasteiger partial charge is 0.380 e. The van der Waals surface area contributed by atoms with Crippen LogP contribution in [0.15, 0.2) is 40.2 Å². The van der Waals surface area contributed by atoms with E-state index < -0.39 is 0 Å². The first-order valence-corrected chi connectivity index (χ1v) is 6.69. The van der Waals surface area contributed by atoms with E-state index in [2.05, 4.69) is 21.2 Å². The highest BCUT2D eigenvalue weighted by Gasteiger charge is 2.04. The fraction of sp³-hybridized carbons (Fsp3) is 0.0833. The zero-order valence-electron chi connectivity index (χ0n) is 8.94. The van der Waals surface area contributed by atoms with Crippen molar-refractivity contribution in [2.45, 2.75) is 6.54 Å². The van der Waals surface area contributed by atoms with Crippen molar-refractivity contribution in [1.29, 1.82) is 0 Å². The number of hydrogen-bond acceptors (Lipinski definition) is 3. The van der Waals surface area contributed by atoms with Crippen molar-refractivity contribution in [3.05, 3.63) is 50.6 Å². The van der Waals surface area contributed by atoms with Crippen LogP contribution < -0.4 is 11.1 Å². The summed E-state index contributed by atoms with van der Waals surface area (Å²) in [6.07, 6.45) is 0. The third-order valence-corrected chi connectivity index (χ3v) is 3.66. The molecule has 0 atom stereocenters. The summed E-state index contributed by atoms with van der Waals surface area (Å²) in [6, 6.07) is 9.76. The Bertz CT molecular complexity index is 539. The first kappa shape index (κ1) is 12.1. The minimum absolute atomic E-state index is 0.380. The van der Waals surface area contributed by atoms with Crippen LogP contribution in [0.25, 0.3) is 0 Å². The standard InChI is InChI=1S/C12H11BrN2OS/c13-9-2-1-3-10(5-9)15-6-11-4-8(7-17-11)12(14)16/h1-5,7,15H,6H2,(H2,14,16). The molecule has 0 fully saturated rings. The highest BCUT2D eigenvalue weighted by molar-refractivity contribution is 9.10. The molecule has 0 unspecified atom stereocenters. The number of thiophene rings is 1.